The number of sulfonamides is 1. The van der Waals surface area contributed by atoms with E-state index in [4.69, 9.17) is 23.2 Å². The van der Waals surface area contributed by atoms with Gasteiger partial charge in [0, 0.05) is 25.3 Å². The highest BCUT2D eigenvalue weighted by Gasteiger charge is 2.35. The maximum Gasteiger partial charge on any atom is 0.256 e. The maximum atomic E-state index is 12.9. The number of anilines is 1. The van der Waals surface area contributed by atoms with Crippen molar-refractivity contribution in [1.82, 2.24) is 14.7 Å². The summed E-state index contributed by atoms with van der Waals surface area (Å²) in [5.41, 5.74) is 3.10. The fraction of sp³-hybridized carbons (Fsp3) is 0.556. The molecule has 2 amide bonds. The van der Waals surface area contributed by atoms with Crippen molar-refractivity contribution in [3.63, 3.8) is 0 Å². The molecule has 0 aliphatic carbocycles. The number of carbonyl (C=O) groups is 2. The standard InChI is InChI=1S/C18H24Cl2N4O4S/c19-15-11-21-24(18(26)17(15)20)12-16(25)22-13-6-5-7-14(10-13)29(27,28)23-8-3-1-2-4-9-23/h5-7,10,15,17,21H,1-4,8-9,11-12H2,(H,22,25). The van der Waals surface area contributed by atoms with Crippen LogP contribution in [0.2, 0.25) is 0 Å². The molecular weight excluding hydrogens is 439 g/mol. The molecular formula is C18H24Cl2N4O4S. The van der Waals surface area contributed by atoms with Gasteiger partial charge in [0.2, 0.25) is 15.9 Å². The van der Waals surface area contributed by atoms with Gasteiger partial charge in [-0.2, -0.15) is 4.31 Å². The van der Waals surface area contributed by atoms with Crippen LogP contribution in [0.3, 0.4) is 0 Å². The lowest BCUT2D eigenvalue weighted by atomic mass is 10.2. The van der Waals surface area contributed by atoms with Crippen LogP contribution in [0.1, 0.15) is 25.7 Å². The molecule has 2 atom stereocenters. The van der Waals surface area contributed by atoms with Crippen LogP contribution in [0.25, 0.3) is 0 Å². The van der Waals surface area contributed by atoms with Crippen LogP contribution in [0.15, 0.2) is 29.2 Å². The van der Waals surface area contributed by atoms with Crippen molar-refractivity contribution < 1.29 is 18.0 Å². The first kappa shape index (κ1) is 22.3. The monoisotopic (exact) mass is 462 g/mol. The van der Waals surface area contributed by atoms with E-state index in [1.54, 1.807) is 12.1 Å². The second-order valence-electron chi connectivity index (χ2n) is 7.10. The van der Waals surface area contributed by atoms with Gasteiger partial charge >= 0.3 is 0 Å². The summed E-state index contributed by atoms with van der Waals surface area (Å²) >= 11 is 11.9. The Bertz CT molecular complexity index is 859. The molecule has 0 radical (unpaired) electrons. The lowest BCUT2D eigenvalue weighted by molar-refractivity contribution is -0.139. The predicted molar refractivity (Wildman–Crippen MR) is 111 cm³/mol. The molecule has 2 unspecified atom stereocenters. The Morgan fingerprint density at radius 1 is 1.17 bits per heavy atom. The minimum Gasteiger partial charge on any atom is -0.324 e. The number of hydrogen-bond acceptors (Lipinski definition) is 5. The Balaban J connectivity index is 1.66. The van der Waals surface area contributed by atoms with Crippen molar-refractivity contribution in [2.24, 2.45) is 0 Å². The lowest BCUT2D eigenvalue weighted by Gasteiger charge is -2.32. The van der Waals surface area contributed by atoms with E-state index in [1.165, 1.54) is 16.4 Å². The summed E-state index contributed by atoms with van der Waals surface area (Å²) in [6, 6.07) is 6.13. The van der Waals surface area contributed by atoms with Crippen LogP contribution in [0, 0.1) is 0 Å². The fourth-order valence-electron chi connectivity index (χ4n) is 3.33. The normalized spacial score (nSPS) is 24.2. The fourth-order valence-corrected chi connectivity index (χ4v) is 5.27. The van der Waals surface area contributed by atoms with Gasteiger partial charge in [-0.15, -0.1) is 23.2 Å². The van der Waals surface area contributed by atoms with Gasteiger partial charge in [-0.3, -0.25) is 14.6 Å². The molecule has 11 heteroatoms. The summed E-state index contributed by atoms with van der Waals surface area (Å²) in [4.78, 5) is 24.6. The van der Waals surface area contributed by atoms with Crippen LogP contribution < -0.4 is 10.7 Å². The summed E-state index contributed by atoms with van der Waals surface area (Å²) in [5, 5.41) is 2.29. The Morgan fingerprint density at radius 3 is 2.55 bits per heavy atom. The molecule has 1 aromatic carbocycles. The number of hydrazine groups is 1. The molecule has 160 valence electrons. The third kappa shape index (κ3) is 5.40. The van der Waals surface area contributed by atoms with Crippen LogP contribution in [0.4, 0.5) is 5.69 Å². The second kappa shape index (κ2) is 9.61. The molecule has 3 rings (SSSR count). The highest BCUT2D eigenvalue weighted by molar-refractivity contribution is 7.89. The number of rotatable bonds is 5. The van der Waals surface area contributed by atoms with Gasteiger partial charge < -0.3 is 5.32 Å². The third-order valence-corrected chi connectivity index (χ3v) is 7.84. The quantitative estimate of drug-likeness (QED) is 0.649. The van der Waals surface area contributed by atoms with E-state index in [9.17, 15) is 18.0 Å². The maximum absolute atomic E-state index is 12.9. The Labute approximate surface area is 180 Å². The zero-order valence-corrected chi connectivity index (χ0v) is 18.1. The summed E-state index contributed by atoms with van der Waals surface area (Å²) in [7, 11) is -3.62. The second-order valence-corrected chi connectivity index (χ2v) is 10.1. The minimum atomic E-state index is -3.62. The van der Waals surface area contributed by atoms with E-state index in [0.29, 0.717) is 18.8 Å². The van der Waals surface area contributed by atoms with Crippen molar-refractivity contribution in [1.29, 1.82) is 0 Å². The summed E-state index contributed by atoms with van der Waals surface area (Å²) in [6.07, 6.45) is 3.74. The van der Waals surface area contributed by atoms with E-state index in [-0.39, 0.29) is 18.0 Å². The van der Waals surface area contributed by atoms with Crippen molar-refractivity contribution in [3.8, 4) is 0 Å². The van der Waals surface area contributed by atoms with Crippen LogP contribution >= 0.6 is 23.2 Å². The van der Waals surface area contributed by atoms with Crippen molar-refractivity contribution in [3.05, 3.63) is 24.3 Å². The molecule has 0 saturated carbocycles. The smallest absolute Gasteiger partial charge is 0.256 e. The molecule has 2 fully saturated rings. The van der Waals surface area contributed by atoms with Gasteiger partial charge in [0.05, 0.1) is 10.3 Å². The Hall–Kier alpha value is -1.39. The molecule has 0 bridgehead atoms. The number of hydrogen-bond donors (Lipinski definition) is 2. The van der Waals surface area contributed by atoms with Crippen molar-refractivity contribution >= 4 is 50.7 Å². The number of halogens is 2. The zero-order chi connectivity index (χ0) is 21.0. The molecule has 2 aliphatic rings. The van der Waals surface area contributed by atoms with Crippen LogP contribution in [0.5, 0.6) is 0 Å². The number of carbonyl (C=O) groups excluding carboxylic acids is 2. The van der Waals surface area contributed by atoms with Gasteiger partial charge in [-0.25, -0.2) is 13.8 Å². The molecule has 29 heavy (non-hydrogen) atoms. The highest BCUT2D eigenvalue weighted by Crippen LogP contribution is 2.23. The molecule has 2 aliphatic heterocycles. The molecule has 2 saturated heterocycles. The van der Waals surface area contributed by atoms with E-state index in [2.05, 4.69) is 10.7 Å². The first-order chi connectivity index (χ1) is 13.8. The number of alkyl halides is 2. The van der Waals surface area contributed by atoms with Gasteiger partial charge in [0.25, 0.3) is 5.91 Å². The van der Waals surface area contributed by atoms with E-state index in [0.717, 1.165) is 30.7 Å². The summed E-state index contributed by atoms with van der Waals surface area (Å²) in [5.74, 6) is -0.961. The van der Waals surface area contributed by atoms with Gasteiger partial charge in [-0.05, 0) is 31.0 Å². The van der Waals surface area contributed by atoms with Gasteiger partial charge in [0.1, 0.15) is 11.9 Å². The third-order valence-electron chi connectivity index (χ3n) is 4.92. The Kier molecular flexibility index (Phi) is 7.39. The van der Waals surface area contributed by atoms with E-state index < -0.39 is 32.6 Å². The predicted octanol–water partition coefficient (Wildman–Crippen LogP) is 1.75. The largest absolute Gasteiger partial charge is 0.324 e. The molecule has 2 heterocycles. The highest BCUT2D eigenvalue weighted by atomic mass is 35.5. The van der Waals surface area contributed by atoms with Crippen molar-refractivity contribution in [2.75, 3.05) is 31.5 Å². The minimum absolute atomic E-state index is 0.134. The average molecular weight is 463 g/mol. The molecule has 0 aromatic heterocycles. The molecule has 1 aromatic rings. The summed E-state index contributed by atoms with van der Waals surface area (Å²) in [6.45, 7) is 0.999. The van der Waals surface area contributed by atoms with Gasteiger partial charge in [-0.1, -0.05) is 18.9 Å². The first-order valence-electron chi connectivity index (χ1n) is 9.52. The SMILES string of the molecule is O=C(CN1NCC(Cl)C(Cl)C1=O)Nc1cccc(S(=O)(=O)N2CCCCCC2)c1. The average Bonchev–Trinajstić information content (AvgIpc) is 2.99. The van der Waals surface area contributed by atoms with E-state index in [1.807, 2.05) is 0 Å². The molecule has 0 spiro atoms. The van der Waals surface area contributed by atoms with Gasteiger partial charge in [0.15, 0.2) is 0 Å². The summed E-state index contributed by atoms with van der Waals surface area (Å²) < 4.78 is 27.4. The number of benzene rings is 1. The zero-order valence-electron chi connectivity index (χ0n) is 15.8. The number of amides is 2. The number of nitrogens with one attached hydrogen (secondary N) is 2. The van der Waals surface area contributed by atoms with Crippen molar-refractivity contribution in [2.45, 2.75) is 41.3 Å². The lowest BCUT2D eigenvalue weighted by Crippen LogP contribution is -2.58. The molecule has 8 nitrogen and oxygen atoms in total. The topological polar surface area (TPSA) is 98.8 Å². The number of nitrogens with zero attached hydrogens (tertiary/aromatic N) is 2. The molecule has 2 N–H and O–H groups in total. The van der Waals surface area contributed by atoms with E-state index >= 15 is 0 Å². The first-order valence-corrected chi connectivity index (χ1v) is 11.8. The van der Waals surface area contributed by atoms with Crippen LogP contribution in [-0.4, -0.2) is 66.5 Å². The Morgan fingerprint density at radius 2 is 1.86 bits per heavy atom. The van der Waals surface area contributed by atoms with Crippen LogP contribution in [-0.2, 0) is 19.6 Å².